The third-order valence-electron chi connectivity index (χ3n) is 5.53. The molecular weight excluding hydrogens is 381 g/mol. The summed E-state index contributed by atoms with van der Waals surface area (Å²) in [7, 11) is 0. The molecule has 2 saturated heterocycles. The Bertz CT molecular complexity index is 944. The number of rotatable bonds is 1. The highest BCUT2D eigenvalue weighted by Crippen LogP contribution is 2.33. The molecule has 0 saturated carbocycles. The molecule has 148 valence electrons. The lowest BCUT2D eigenvalue weighted by molar-refractivity contribution is -0.152. The molecule has 0 spiro atoms. The largest absolute Gasteiger partial charge is 0.334 e. The molecule has 2 aliphatic rings. The maximum Gasteiger partial charge on any atom is 0.312 e. The van der Waals surface area contributed by atoms with Crippen LogP contribution >= 0.6 is 11.3 Å². The fraction of sp³-hybridized carbons (Fsp3) is 0.450. The zero-order valence-corrected chi connectivity index (χ0v) is 16.6. The highest BCUT2D eigenvalue weighted by Gasteiger charge is 2.32. The molecule has 28 heavy (non-hydrogen) atoms. The summed E-state index contributed by atoms with van der Waals surface area (Å²) in [6, 6.07) is 4.86. The minimum atomic E-state index is -0.478. The van der Waals surface area contributed by atoms with Crippen LogP contribution in [0.15, 0.2) is 18.2 Å². The smallest absolute Gasteiger partial charge is 0.312 e. The van der Waals surface area contributed by atoms with Gasteiger partial charge in [0.2, 0.25) is 0 Å². The number of hydrogen-bond donors (Lipinski definition) is 0. The molecule has 2 aromatic rings. The van der Waals surface area contributed by atoms with Gasteiger partial charge in [-0.3, -0.25) is 14.4 Å². The number of carbonyl (C=O) groups excluding carboxylic acids is 3. The third kappa shape index (κ3) is 3.26. The SMILES string of the molecule is Cc1c(C(=O)N2CCN(C(=O)C(=O)N3CCCC3)CC2)sc2cccc(F)c12. The molecule has 2 fully saturated rings. The Morgan fingerprint density at radius 3 is 2.07 bits per heavy atom. The number of nitrogens with zero attached hydrogens (tertiary/aromatic N) is 3. The summed E-state index contributed by atoms with van der Waals surface area (Å²) in [5.74, 6) is -1.38. The molecule has 0 bridgehead atoms. The van der Waals surface area contributed by atoms with Crippen LogP contribution in [0.25, 0.3) is 10.1 Å². The Morgan fingerprint density at radius 2 is 1.46 bits per heavy atom. The Hall–Kier alpha value is -2.48. The minimum Gasteiger partial charge on any atom is -0.334 e. The van der Waals surface area contributed by atoms with E-state index in [1.54, 1.807) is 22.8 Å². The van der Waals surface area contributed by atoms with Crippen molar-refractivity contribution in [2.75, 3.05) is 39.3 Å². The summed E-state index contributed by atoms with van der Waals surface area (Å²) in [4.78, 5) is 43.0. The van der Waals surface area contributed by atoms with Crippen LogP contribution in [-0.4, -0.2) is 71.7 Å². The first-order valence-electron chi connectivity index (χ1n) is 9.52. The molecule has 3 heterocycles. The van der Waals surface area contributed by atoms with Crippen molar-refractivity contribution in [2.45, 2.75) is 19.8 Å². The topological polar surface area (TPSA) is 60.9 Å². The standard InChI is InChI=1S/C20H22FN3O3S/c1-13-16-14(21)5-4-6-15(16)28-17(13)18(25)23-9-11-24(12-10-23)20(27)19(26)22-7-2-3-8-22/h4-6H,2-3,7-12H2,1H3. The van der Waals surface area contributed by atoms with Crippen LogP contribution in [0, 0.1) is 12.7 Å². The normalized spacial score (nSPS) is 17.4. The summed E-state index contributed by atoms with van der Waals surface area (Å²) in [6.07, 6.45) is 1.88. The van der Waals surface area contributed by atoms with Gasteiger partial charge in [-0.15, -0.1) is 11.3 Å². The van der Waals surface area contributed by atoms with Crippen LogP contribution in [-0.2, 0) is 9.59 Å². The zero-order valence-electron chi connectivity index (χ0n) is 15.7. The Balaban J connectivity index is 1.43. The Labute approximate surface area is 166 Å². The van der Waals surface area contributed by atoms with E-state index in [2.05, 4.69) is 0 Å². The molecule has 0 radical (unpaired) electrons. The van der Waals surface area contributed by atoms with E-state index < -0.39 is 11.8 Å². The molecule has 0 unspecified atom stereocenters. The van der Waals surface area contributed by atoms with Crippen LogP contribution in [0.5, 0.6) is 0 Å². The molecular formula is C20H22FN3O3S. The first kappa shape index (κ1) is 18.9. The zero-order chi connectivity index (χ0) is 19.8. The van der Waals surface area contributed by atoms with Gasteiger partial charge < -0.3 is 14.7 Å². The van der Waals surface area contributed by atoms with Crippen molar-refractivity contribution in [3.8, 4) is 0 Å². The number of likely N-dealkylation sites (tertiary alicyclic amines) is 1. The van der Waals surface area contributed by atoms with Crippen molar-refractivity contribution in [1.29, 1.82) is 0 Å². The summed E-state index contributed by atoms with van der Waals surface area (Å²) in [5.41, 5.74) is 0.658. The lowest BCUT2D eigenvalue weighted by Gasteiger charge is -2.34. The number of amides is 3. The second-order valence-corrected chi connectivity index (χ2v) is 8.31. The Kier molecular flexibility index (Phi) is 5.05. The average molecular weight is 403 g/mol. The third-order valence-corrected chi connectivity index (χ3v) is 6.77. The number of hydrogen-bond acceptors (Lipinski definition) is 4. The van der Waals surface area contributed by atoms with E-state index in [-0.39, 0.29) is 11.7 Å². The van der Waals surface area contributed by atoms with Crippen LogP contribution in [0.1, 0.15) is 28.1 Å². The van der Waals surface area contributed by atoms with Crippen molar-refractivity contribution in [1.82, 2.24) is 14.7 Å². The molecule has 6 nitrogen and oxygen atoms in total. The van der Waals surface area contributed by atoms with Gasteiger partial charge in [-0.05, 0) is 37.5 Å². The van der Waals surface area contributed by atoms with Crippen molar-refractivity contribution >= 4 is 39.1 Å². The van der Waals surface area contributed by atoms with Gasteiger partial charge in [-0.2, -0.15) is 0 Å². The van der Waals surface area contributed by atoms with Gasteiger partial charge >= 0.3 is 11.8 Å². The number of fused-ring (bicyclic) bond motifs is 1. The average Bonchev–Trinajstić information content (AvgIpc) is 3.35. The van der Waals surface area contributed by atoms with Gasteiger partial charge in [0.15, 0.2) is 0 Å². The summed E-state index contributed by atoms with van der Waals surface area (Å²) in [6.45, 7) is 4.46. The minimum absolute atomic E-state index is 0.143. The van der Waals surface area contributed by atoms with E-state index in [0.29, 0.717) is 55.1 Å². The van der Waals surface area contributed by atoms with Gasteiger partial charge in [0.05, 0.1) is 4.88 Å². The van der Waals surface area contributed by atoms with Crippen LogP contribution in [0.2, 0.25) is 0 Å². The number of carbonyl (C=O) groups is 3. The van der Waals surface area contributed by atoms with Gasteiger partial charge in [0.25, 0.3) is 5.91 Å². The molecule has 4 rings (SSSR count). The molecule has 8 heteroatoms. The summed E-state index contributed by atoms with van der Waals surface area (Å²) >= 11 is 1.30. The first-order chi connectivity index (χ1) is 13.5. The van der Waals surface area contributed by atoms with Crippen LogP contribution in [0.4, 0.5) is 4.39 Å². The molecule has 1 aromatic carbocycles. The highest BCUT2D eigenvalue weighted by molar-refractivity contribution is 7.21. The number of thiophene rings is 1. The van der Waals surface area contributed by atoms with Crippen molar-refractivity contribution in [3.05, 3.63) is 34.5 Å². The molecule has 0 aliphatic carbocycles. The van der Waals surface area contributed by atoms with Gasteiger partial charge in [-0.1, -0.05) is 6.07 Å². The Morgan fingerprint density at radius 1 is 0.893 bits per heavy atom. The molecule has 2 aliphatic heterocycles. The van der Waals surface area contributed by atoms with E-state index in [4.69, 9.17) is 0 Å². The van der Waals surface area contributed by atoms with Gasteiger partial charge in [0, 0.05) is 49.4 Å². The molecule has 3 amide bonds. The quantitative estimate of drug-likeness (QED) is 0.687. The van der Waals surface area contributed by atoms with E-state index in [1.807, 2.05) is 6.07 Å². The van der Waals surface area contributed by atoms with E-state index in [0.717, 1.165) is 17.5 Å². The second kappa shape index (κ2) is 7.50. The molecule has 1 aromatic heterocycles. The second-order valence-electron chi connectivity index (χ2n) is 7.25. The maximum absolute atomic E-state index is 14.1. The fourth-order valence-corrected chi connectivity index (χ4v) is 5.10. The van der Waals surface area contributed by atoms with Gasteiger partial charge in [-0.25, -0.2) is 4.39 Å². The van der Waals surface area contributed by atoms with E-state index in [1.165, 1.54) is 22.3 Å². The molecule has 0 atom stereocenters. The van der Waals surface area contributed by atoms with E-state index >= 15 is 0 Å². The predicted octanol–water partition coefficient (Wildman–Crippen LogP) is 2.26. The van der Waals surface area contributed by atoms with Crippen molar-refractivity contribution in [3.63, 3.8) is 0 Å². The summed E-state index contributed by atoms with van der Waals surface area (Å²) < 4.78 is 14.9. The number of halogens is 1. The van der Waals surface area contributed by atoms with E-state index in [9.17, 15) is 18.8 Å². The highest BCUT2D eigenvalue weighted by atomic mass is 32.1. The molecule has 0 N–H and O–H groups in total. The number of aryl methyl sites for hydroxylation is 1. The van der Waals surface area contributed by atoms with Crippen LogP contribution < -0.4 is 0 Å². The first-order valence-corrected chi connectivity index (χ1v) is 10.3. The monoisotopic (exact) mass is 403 g/mol. The van der Waals surface area contributed by atoms with Gasteiger partial charge in [0.1, 0.15) is 5.82 Å². The van der Waals surface area contributed by atoms with Crippen LogP contribution in [0.3, 0.4) is 0 Å². The number of benzene rings is 1. The van der Waals surface area contributed by atoms with Crippen molar-refractivity contribution < 1.29 is 18.8 Å². The maximum atomic E-state index is 14.1. The predicted molar refractivity (Wildman–Crippen MR) is 105 cm³/mol. The lowest BCUT2D eigenvalue weighted by atomic mass is 10.1. The fourth-order valence-electron chi connectivity index (χ4n) is 3.90. The number of piperazine rings is 1. The summed E-state index contributed by atoms with van der Waals surface area (Å²) in [5, 5.41) is 0.501. The lowest BCUT2D eigenvalue weighted by Crippen LogP contribution is -2.54. The van der Waals surface area contributed by atoms with Crippen molar-refractivity contribution in [2.24, 2.45) is 0 Å².